The first-order valence-corrected chi connectivity index (χ1v) is 7.30. The first kappa shape index (κ1) is 12.1. The Kier molecular flexibility index (Phi) is 4.00. The topological polar surface area (TPSA) is 24.9 Å². The summed E-state index contributed by atoms with van der Waals surface area (Å²) in [4.78, 5) is 4.30. The van der Waals surface area contributed by atoms with Crippen LogP contribution in [0, 0.1) is 0 Å². The summed E-state index contributed by atoms with van der Waals surface area (Å²) in [5, 5.41) is 5.49. The summed E-state index contributed by atoms with van der Waals surface area (Å²) >= 11 is 8.67. The molecule has 0 bridgehead atoms. The molecule has 2 rings (SSSR count). The lowest BCUT2D eigenvalue weighted by Crippen LogP contribution is -2.07. The number of hydrogen-bond donors (Lipinski definition) is 1. The number of halogens is 2. The Balaban J connectivity index is 2.21. The van der Waals surface area contributed by atoms with E-state index in [4.69, 9.17) is 0 Å². The number of para-hydroxylation sites is 1. The van der Waals surface area contributed by atoms with Crippen molar-refractivity contribution < 1.29 is 0 Å². The Bertz CT molecular complexity index is 451. The number of anilines is 1. The van der Waals surface area contributed by atoms with Crippen molar-refractivity contribution in [3.8, 4) is 0 Å². The minimum Gasteiger partial charge on any atom is -0.375 e. The molecule has 1 N–H and O–H groups in total. The van der Waals surface area contributed by atoms with Gasteiger partial charge in [0.05, 0.1) is 22.9 Å². The third kappa shape index (κ3) is 2.64. The highest BCUT2D eigenvalue weighted by atomic mass is 79.9. The van der Waals surface area contributed by atoms with Crippen LogP contribution >= 0.6 is 43.2 Å². The van der Waals surface area contributed by atoms with Gasteiger partial charge < -0.3 is 5.32 Å². The maximum absolute atomic E-state index is 4.30. The van der Waals surface area contributed by atoms with Gasteiger partial charge in [0.2, 0.25) is 0 Å². The largest absolute Gasteiger partial charge is 0.375 e. The molecule has 1 aromatic heterocycles. The zero-order valence-corrected chi connectivity index (χ0v) is 12.6. The molecule has 0 amide bonds. The van der Waals surface area contributed by atoms with Gasteiger partial charge in [-0.15, -0.1) is 11.3 Å². The molecule has 1 heterocycles. The van der Waals surface area contributed by atoms with Crippen LogP contribution in [0.2, 0.25) is 0 Å². The Morgan fingerprint density at radius 1 is 1.31 bits per heavy atom. The lowest BCUT2D eigenvalue weighted by molar-refractivity contribution is 0.848. The number of rotatable bonds is 3. The highest BCUT2D eigenvalue weighted by Gasteiger charge is 2.11. The number of aromatic nitrogens is 1. The van der Waals surface area contributed by atoms with Crippen molar-refractivity contribution in [2.45, 2.75) is 13.0 Å². The van der Waals surface area contributed by atoms with Gasteiger partial charge in [-0.3, -0.25) is 0 Å². The summed E-state index contributed by atoms with van der Waals surface area (Å²) < 4.78 is 2.09. The number of benzene rings is 1. The van der Waals surface area contributed by atoms with E-state index in [1.165, 1.54) is 0 Å². The molecule has 0 aliphatic heterocycles. The molecule has 0 spiro atoms. The van der Waals surface area contributed by atoms with Gasteiger partial charge in [0.15, 0.2) is 0 Å². The maximum Gasteiger partial charge on any atom is 0.0795 e. The minimum absolute atomic E-state index is 0.196. The molecular formula is C11H10Br2N2S. The Labute approximate surface area is 115 Å². The predicted molar refractivity (Wildman–Crippen MR) is 76.0 cm³/mol. The molecule has 0 aliphatic carbocycles. The second kappa shape index (κ2) is 5.29. The van der Waals surface area contributed by atoms with Crippen LogP contribution in [-0.4, -0.2) is 4.98 Å². The molecule has 5 heteroatoms. The van der Waals surface area contributed by atoms with Crippen LogP contribution in [0.3, 0.4) is 0 Å². The summed E-state index contributed by atoms with van der Waals surface area (Å²) in [6.45, 7) is 2.10. The molecule has 1 unspecified atom stereocenters. The Hall–Kier alpha value is -0.390. The van der Waals surface area contributed by atoms with E-state index in [-0.39, 0.29) is 6.04 Å². The molecule has 2 nitrogen and oxygen atoms in total. The van der Waals surface area contributed by atoms with Gasteiger partial charge in [0.1, 0.15) is 0 Å². The molecule has 0 saturated heterocycles. The molecule has 84 valence electrons. The predicted octanol–water partition coefficient (Wildman–Crippen LogP) is 4.84. The number of nitrogens with zero attached hydrogens (tertiary/aromatic N) is 1. The number of hydrogen-bond acceptors (Lipinski definition) is 3. The van der Waals surface area contributed by atoms with Crippen molar-refractivity contribution in [3.05, 3.63) is 43.7 Å². The lowest BCUT2D eigenvalue weighted by atomic mass is 10.2. The zero-order valence-electron chi connectivity index (χ0n) is 8.58. The zero-order chi connectivity index (χ0) is 11.5. The smallest absolute Gasteiger partial charge is 0.0795 e. The lowest BCUT2D eigenvalue weighted by Gasteiger charge is -2.15. The summed E-state index contributed by atoms with van der Waals surface area (Å²) in [6.07, 6.45) is 0. The molecule has 0 aliphatic rings. The van der Waals surface area contributed by atoms with E-state index in [0.29, 0.717) is 0 Å². The van der Waals surface area contributed by atoms with E-state index in [0.717, 1.165) is 20.3 Å². The van der Waals surface area contributed by atoms with E-state index >= 15 is 0 Å². The average molecular weight is 362 g/mol. The molecular weight excluding hydrogens is 352 g/mol. The van der Waals surface area contributed by atoms with Gasteiger partial charge in [-0.1, -0.05) is 6.07 Å². The van der Waals surface area contributed by atoms with Gasteiger partial charge >= 0.3 is 0 Å². The van der Waals surface area contributed by atoms with Crippen molar-refractivity contribution in [1.29, 1.82) is 0 Å². The normalized spacial score (nSPS) is 12.4. The van der Waals surface area contributed by atoms with Crippen LogP contribution in [0.5, 0.6) is 0 Å². The fourth-order valence-corrected chi connectivity index (χ4v) is 3.24. The van der Waals surface area contributed by atoms with Gasteiger partial charge in [0, 0.05) is 14.3 Å². The van der Waals surface area contributed by atoms with E-state index in [1.807, 2.05) is 23.7 Å². The van der Waals surface area contributed by atoms with Crippen molar-refractivity contribution >= 4 is 48.9 Å². The molecule has 2 aromatic rings. The quantitative estimate of drug-likeness (QED) is 0.845. The van der Waals surface area contributed by atoms with Crippen LogP contribution in [-0.2, 0) is 0 Å². The van der Waals surface area contributed by atoms with Crippen molar-refractivity contribution in [1.82, 2.24) is 4.98 Å². The summed E-state index contributed by atoms with van der Waals surface area (Å²) in [5.41, 5.74) is 3.97. The maximum atomic E-state index is 4.30. The van der Waals surface area contributed by atoms with Crippen LogP contribution in [0.1, 0.15) is 18.7 Å². The molecule has 0 radical (unpaired) electrons. The highest BCUT2D eigenvalue weighted by Crippen LogP contribution is 2.33. The number of nitrogens with one attached hydrogen (secondary N) is 1. The second-order valence-corrected chi connectivity index (χ2v) is 5.80. The van der Waals surface area contributed by atoms with Crippen LogP contribution in [0.4, 0.5) is 5.69 Å². The van der Waals surface area contributed by atoms with Gasteiger partial charge in [-0.2, -0.15) is 0 Å². The summed E-state index contributed by atoms with van der Waals surface area (Å²) in [7, 11) is 0. The fraction of sp³-hybridized carbons (Fsp3) is 0.182. The van der Waals surface area contributed by atoms with E-state index in [9.17, 15) is 0 Å². The SMILES string of the molecule is CC(Nc1c(Br)cccc1Br)c1cscn1. The van der Waals surface area contributed by atoms with E-state index < -0.39 is 0 Å². The fourth-order valence-electron chi connectivity index (χ4n) is 1.36. The molecule has 0 saturated carbocycles. The van der Waals surface area contributed by atoms with Gasteiger partial charge in [0.25, 0.3) is 0 Å². The van der Waals surface area contributed by atoms with Crippen LogP contribution in [0.15, 0.2) is 38.0 Å². The first-order valence-electron chi connectivity index (χ1n) is 4.77. The van der Waals surface area contributed by atoms with E-state index in [1.54, 1.807) is 11.3 Å². The van der Waals surface area contributed by atoms with Crippen LogP contribution < -0.4 is 5.32 Å². The molecule has 0 fully saturated rings. The van der Waals surface area contributed by atoms with Crippen LogP contribution in [0.25, 0.3) is 0 Å². The average Bonchev–Trinajstić information content (AvgIpc) is 2.76. The minimum atomic E-state index is 0.196. The van der Waals surface area contributed by atoms with E-state index in [2.05, 4.69) is 54.5 Å². The van der Waals surface area contributed by atoms with Crippen molar-refractivity contribution in [2.24, 2.45) is 0 Å². The third-order valence-electron chi connectivity index (χ3n) is 2.22. The Morgan fingerprint density at radius 3 is 2.56 bits per heavy atom. The Morgan fingerprint density at radius 2 is 2.00 bits per heavy atom. The highest BCUT2D eigenvalue weighted by molar-refractivity contribution is 9.11. The first-order chi connectivity index (χ1) is 7.68. The molecule has 16 heavy (non-hydrogen) atoms. The van der Waals surface area contributed by atoms with Gasteiger partial charge in [-0.05, 0) is 50.9 Å². The summed E-state index contributed by atoms with van der Waals surface area (Å²) in [6, 6.07) is 6.22. The second-order valence-electron chi connectivity index (χ2n) is 3.38. The third-order valence-corrected chi connectivity index (χ3v) is 4.15. The monoisotopic (exact) mass is 360 g/mol. The van der Waals surface area contributed by atoms with Crippen molar-refractivity contribution in [3.63, 3.8) is 0 Å². The molecule has 1 atom stereocenters. The summed E-state index contributed by atoms with van der Waals surface area (Å²) in [5.74, 6) is 0. The molecule has 1 aromatic carbocycles. The van der Waals surface area contributed by atoms with Gasteiger partial charge in [-0.25, -0.2) is 4.98 Å². The number of thiazole rings is 1. The standard InChI is InChI=1S/C11H10Br2N2S/c1-7(10-5-16-6-14-10)15-11-8(12)3-2-4-9(11)13/h2-7,15H,1H3. The van der Waals surface area contributed by atoms with Crippen molar-refractivity contribution in [2.75, 3.05) is 5.32 Å².